The molecule has 1 atom stereocenters. The number of aromatic nitrogens is 3. The molecule has 0 aliphatic carbocycles. The van der Waals surface area contributed by atoms with Crippen molar-refractivity contribution in [2.45, 2.75) is 19.4 Å². The molecule has 0 bridgehead atoms. The molecule has 38 heavy (non-hydrogen) atoms. The van der Waals surface area contributed by atoms with Crippen molar-refractivity contribution in [3.8, 4) is 17.0 Å². The van der Waals surface area contributed by atoms with Gasteiger partial charge < -0.3 is 10.1 Å². The zero-order valence-corrected chi connectivity index (χ0v) is 21.8. The Kier molecular flexibility index (Phi) is 5.87. The van der Waals surface area contributed by atoms with Gasteiger partial charge in [-0.2, -0.15) is 5.10 Å². The summed E-state index contributed by atoms with van der Waals surface area (Å²) >= 11 is 0. The lowest BCUT2D eigenvalue weighted by atomic mass is 10.0. The number of carbonyl (C=O) groups excluding carboxylic acids is 1. The third kappa shape index (κ3) is 4.28. The fourth-order valence-corrected chi connectivity index (χ4v) is 6.86. The topological polar surface area (TPSA) is 103 Å². The van der Waals surface area contributed by atoms with Crippen LogP contribution in [0.5, 0.6) is 5.75 Å². The number of nitrogens with one attached hydrogen (secondary N) is 1. The monoisotopic (exact) mass is 526 g/mol. The van der Waals surface area contributed by atoms with Crippen LogP contribution >= 0.6 is 0 Å². The molecular weight excluding hydrogens is 500 g/mol. The van der Waals surface area contributed by atoms with Gasteiger partial charge in [-0.3, -0.25) is 4.79 Å². The van der Waals surface area contributed by atoms with Gasteiger partial charge in [0.05, 0.1) is 47.0 Å². The summed E-state index contributed by atoms with van der Waals surface area (Å²) in [6, 6.07) is 22.5. The Balaban J connectivity index is 1.53. The highest BCUT2D eigenvalue weighted by Gasteiger charge is 2.32. The van der Waals surface area contributed by atoms with Gasteiger partial charge in [0.2, 0.25) is 0 Å². The molecule has 3 aromatic carbocycles. The second kappa shape index (κ2) is 9.25. The van der Waals surface area contributed by atoms with E-state index in [4.69, 9.17) is 14.8 Å². The summed E-state index contributed by atoms with van der Waals surface area (Å²) in [5, 5.41) is 10.3. The van der Waals surface area contributed by atoms with Crippen LogP contribution in [0.4, 0.5) is 5.69 Å². The van der Waals surface area contributed by atoms with E-state index in [1.165, 1.54) is 0 Å². The Morgan fingerprint density at radius 2 is 1.84 bits per heavy atom. The van der Waals surface area contributed by atoms with E-state index >= 15 is 0 Å². The average molecular weight is 527 g/mol. The fourth-order valence-electron chi connectivity index (χ4n) is 5.17. The minimum Gasteiger partial charge on any atom is -0.497 e. The molecule has 0 saturated carbocycles. The largest absolute Gasteiger partial charge is 0.497 e. The number of ether oxygens (including phenoxy) is 1. The van der Waals surface area contributed by atoms with Crippen molar-refractivity contribution in [1.29, 1.82) is 0 Å². The summed E-state index contributed by atoms with van der Waals surface area (Å²) in [6.45, 7) is 1.82. The summed E-state index contributed by atoms with van der Waals surface area (Å²) in [6.07, 6.45) is 0.459. The number of hydrogen-bond donors (Lipinski definition) is 1. The maximum absolute atomic E-state index is 13.9. The van der Waals surface area contributed by atoms with Crippen LogP contribution in [0.25, 0.3) is 33.1 Å². The SMILES string of the molecule is COc1cccc(-c2cc(C(=O)Nc3cccc4ccccc34)c3c(C)nn(C4CCS(=O)(=O)C4)c3n2)c1. The molecule has 1 N–H and O–H groups in total. The number of fused-ring (bicyclic) bond motifs is 2. The highest BCUT2D eigenvalue weighted by molar-refractivity contribution is 7.91. The molecule has 0 radical (unpaired) electrons. The molecule has 192 valence electrons. The van der Waals surface area contributed by atoms with Crippen molar-refractivity contribution in [3.05, 3.63) is 84.1 Å². The lowest BCUT2D eigenvalue weighted by molar-refractivity contribution is 0.102. The number of anilines is 1. The Labute approximate surface area is 220 Å². The molecule has 2 aromatic heterocycles. The molecule has 8 nitrogen and oxygen atoms in total. The van der Waals surface area contributed by atoms with Gasteiger partial charge in [-0.05, 0) is 43.0 Å². The van der Waals surface area contributed by atoms with Gasteiger partial charge in [0, 0.05) is 16.6 Å². The molecule has 5 aromatic rings. The number of aryl methyl sites for hydroxylation is 1. The molecule has 3 heterocycles. The van der Waals surface area contributed by atoms with Crippen LogP contribution < -0.4 is 10.1 Å². The number of amides is 1. The van der Waals surface area contributed by atoms with Gasteiger partial charge in [-0.15, -0.1) is 0 Å². The maximum atomic E-state index is 13.9. The van der Waals surface area contributed by atoms with Gasteiger partial charge in [-0.25, -0.2) is 18.1 Å². The smallest absolute Gasteiger partial charge is 0.256 e. The van der Waals surface area contributed by atoms with E-state index in [-0.39, 0.29) is 23.5 Å². The molecule has 9 heteroatoms. The number of methoxy groups -OCH3 is 1. The first-order chi connectivity index (χ1) is 18.3. The predicted molar refractivity (Wildman–Crippen MR) is 148 cm³/mol. The second-order valence-corrected chi connectivity index (χ2v) is 11.8. The highest BCUT2D eigenvalue weighted by atomic mass is 32.2. The van der Waals surface area contributed by atoms with Crippen LogP contribution in [0, 0.1) is 6.92 Å². The number of rotatable bonds is 5. The van der Waals surface area contributed by atoms with Crippen LogP contribution in [0.2, 0.25) is 0 Å². The molecular formula is C29H26N4O4S. The highest BCUT2D eigenvalue weighted by Crippen LogP contribution is 2.33. The van der Waals surface area contributed by atoms with Gasteiger partial charge in [0.1, 0.15) is 5.75 Å². The van der Waals surface area contributed by atoms with Gasteiger partial charge in [0.25, 0.3) is 5.91 Å². The Hall–Kier alpha value is -4.24. The van der Waals surface area contributed by atoms with Crippen LogP contribution in [-0.2, 0) is 9.84 Å². The predicted octanol–water partition coefficient (Wildman–Crippen LogP) is 5.18. The Morgan fingerprint density at radius 3 is 2.63 bits per heavy atom. The second-order valence-electron chi connectivity index (χ2n) is 9.55. The average Bonchev–Trinajstić information content (AvgIpc) is 3.46. The molecule has 0 spiro atoms. The van der Waals surface area contributed by atoms with E-state index in [0.717, 1.165) is 16.3 Å². The van der Waals surface area contributed by atoms with Gasteiger partial charge >= 0.3 is 0 Å². The number of carbonyl (C=O) groups is 1. The van der Waals surface area contributed by atoms with Crippen molar-refractivity contribution >= 4 is 43.2 Å². The molecule has 1 aliphatic rings. The first kappa shape index (κ1) is 24.1. The lowest BCUT2D eigenvalue weighted by Gasteiger charge is -2.13. The van der Waals surface area contributed by atoms with E-state index in [1.807, 2.05) is 73.7 Å². The fraction of sp³-hybridized carbons (Fsp3) is 0.207. The van der Waals surface area contributed by atoms with E-state index < -0.39 is 9.84 Å². The first-order valence-electron chi connectivity index (χ1n) is 12.4. The summed E-state index contributed by atoms with van der Waals surface area (Å²) in [5.74, 6) is 0.491. The number of sulfone groups is 1. The number of benzene rings is 3. The molecule has 1 fully saturated rings. The van der Waals surface area contributed by atoms with E-state index in [1.54, 1.807) is 17.9 Å². The molecule has 1 saturated heterocycles. The quantitative estimate of drug-likeness (QED) is 0.339. The van der Waals surface area contributed by atoms with Crippen molar-refractivity contribution < 1.29 is 17.9 Å². The lowest BCUT2D eigenvalue weighted by Crippen LogP contribution is -2.15. The van der Waals surface area contributed by atoms with Gasteiger partial charge in [0.15, 0.2) is 15.5 Å². The van der Waals surface area contributed by atoms with Crippen molar-refractivity contribution in [2.75, 3.05) is 23.9 Å². The van der Waals surface area contributed by atoms with Crippen LogP contribution in [0.3, 0.4) is 0 Å². The minimum atomic E-state index is -3.15. The standard InChI is InChI=1S/C29H26N4O4S/c1-18-27-24(29(34)31-25-12-6-8-19-7-3-4-11-23(19)25)16-26(20-9-5-10-22(15-20)37-2)30-28(27)33(32-18)21-13-14-38(35,36)17-21/h3-12,15-16,21H,13-14,17H2,1-2H3,(H,31,34). The van der Waals surface area contributed by atoms with Crippen LogP contribution in [0.15, 0.2) is 72.8 Å². The van der Waals surface area contributed by atoms with Crippen LogP contribution in [0.1, 0.15) is 28.5 Å². The summed E-state index contributed by atoms with van der Waals surface area (Å²) in [5.41, 5.74) is 3.58. The Bertz CT molecular complexity index is 1820. The van der Waals surface area contributed by atoms with Crippen molar-refractivity contribution in [2.24, 2.45) is 0 Å². The molecule has 1 amide bonds. The third-order valence-corrected chi connectivity index (χ3v) is 8.79. The zero-order chi connectivity index (χ0) is 26.4. The van der Waals surface area contributed by atoms with Crippen molar-refractivity contribution in [1.82, 2.24) is 14.8 Å². The number of hydrogen-bond acceptors (Lipinski definition) is 6. The Morgan fingerprint density at radius 1 is 1.05 bits per heavy atom. The van der Waals surface area contributed by atoms with E-state index in [9.17, 15) is 13.2 Å². The minimum absolute atomic E-state index is 0.00578. The number of pyridine rings is 1. The normalized spacial score (nSPS) is 16.6. The molecule has 6 rings (SSSR count). The van der Waals surface area contributed by atoms with Crippen LogP contribution in [-0.4, -0.2) is 47.7 Å². The molecule has 1 unspecified atom stereocenters. The first-order valence-corrected chi connectivity index (χ1v) is 14.2. The maximum Gasteiger partial charge on any atom is 0.256 e. The zero-order valence-electron chi connectivity index (χ0n) is 21.0. The van der Waals surface area contributed by atoms with E-state index in [2.05, 4.69) is 5.32 Å². The summed E-state index contributed by atoms with van der Waals surface area (Å²) < 4.78 is 31.6. The third-order valence-electron chi connectivity index (χ3n) is 7.04. The van der Waals surface area contributed by atoms with Gasteiger partial charge in [-0.1, -0.05) is 48.5 Å². The molecule has 1 aliphatic heterocycles. The number of nitrogens with zero attached hydrogens (tertiary/aromatic N) is 3. The van der Waals surface area contributed by atoms with E-state index in [0.29, 0.717) is 45.8 Å². The summed E-state index contributed by atoms with van der Waals surface area (Å²) in [7, 11) is -1.55. The summed E-state index contributed by atoms with van der Waals surface area (Å²) in [4.78, 5) is 18.8. The van der Waals surface area contributed by atoms with Crippen molar-refractivity contribution in [3.63, 3.8) is 0 Å².